The van der Waals surface area contributed by atoms with Crippen LogP contribution in [-0.4, -0.2) is 18.9 Å². The Morgan fingerprint density at radius 3 is 2.71 bits per heavy atom. The summed E-state index contributed by atoms with van der Waals surface area (Å²) < 4.78 is 6.88. The van der Waals surface area contributed by atoms with E-state index in [-0.39, 0.29) is 0 Å². The third-order valence-electron chi connectivity index (χ3n) is 4.77. The van der Waals surface area contributed by atoms with Crippen molar-refractivity contribution in [3.05, 3.63) is 54.7 Å². The molecule has 0 atom stereocenters. The van der Waals surface area contributed by atoms with E-state index < -0.39 is 0 Å². The van der Waals surface area contributed by atoms with Crippen LogP contribution in [0.1, 0.15) is 0 Å². The zero-order chi connectivity index (χ0) is 15.8. The number of fused-ring (bicyclic) bond motifs is 8. The molecule has 2 aromatic carbocycles. The van der Waals surface area contributed by atoms with Gasteiger partial charge < -0.3 is 4.57 Å². The van der Waals surface area contributed by atoms with Crippen LogP contribution in [0.2, 0.25) is 0 Å². The summed E-state index contributed by atoms with van der Waals surface area (Å²) in [6, 6.07) is 17.0. The molecule has 0 amide bonds. The van der Waals surface area contributed by atoms with E-state index >= 15 is 0 Å². The third-order valence-corrected chi connectivity index (χ3v) is 5.87. The predicted octanol–water partition coefficient (Wildman–Crippen LogP) is 4.74. The summed E-state index contributed by atoms with van der Waals surface area (Å²) in [6.45, 7) is 0. The second-order valence-electron chi connectivity index (χ2n) is 6.08. The zero-order valence-corrected chi connectivity index (χ0v) is 13.7. The van der Waals surface area contributed by atoms with E-state index in [1.165, 1.54) is 25.8 Å². The van der Waals surface area contributed by atoms with Gasteiger partial charge in [-0.1, -0.05) is 12.1 Å². The van der Waals surface area contributed by atoms with Gasteiger partial charge in [-0.3, -0.25) is 9.38 Å². The molecular weight excluding hydrogens is 316 g/mol. The lowest BCUT2D eigenvalue weighted by molar-refractivity contribution is 0.974. The molecule has 4 nitrogen and oxygen atoms in total. The summed E-state index contributed by atoms with van der Waals surface area (Å²) >= 11 is 1.79. The van der Waals surface area contributed by atoms with Crippen molar-refractivity contribution in [2.24, 2.45) is 7.05 Å². The normalized spacial score (nSPS) is 12.4. The van der Waals surface area contributed by atoms with E-state index in [0.29, 0.717) is 0 Å². The molecule has 6 rings (SSSR count). The molecule has 0 saturated heterocycles. The number of pyridine rings is 1. The summed E-state index contributed by atoms with van der Waals surface area (Å²) in [7, 11) is 2.07. The van der Waals surface area contributed by atoms with Gasteiger partial charge in [-0.2, -0.15) is 0 Å². The number of benzene rings is 2. The lowest BCUT2D eigenvalue weighted by Gasteiger charge is -1.96. The van der Waals surface area contributed by atoms with E-state index in [1.54, 1.807) is 11.3 Å². The molecule has 0 spiro atoms. The number of hydrogen-bond donors (Lipinski definition) is 0. The van der Waals surface area contributed by atoms with Crippen LogP contribution in [0.25, 0.3) is 48.1 Å². The van der Waals surface area contributed by atoms with Gasteiger partial charge in [0.25, 0.3) is 0 Å². The SMILES string of the molecule is Cn1c2ccccc2n2c3cc4sc5cccnc5c4cc3nc12. The molecule has 0 unspecified atom stereocenters. The molecule has 0 radical (unpaired) electrons. The van der Waals surface area contributed by atoms with Crippen LogP contribution in [0.5, 0.6) is 0 Å². The number of hydrogen-bond acceptors (Lipinski definition) is 3. The Kier molecular flexibility index (Phi) is 2.15. The van der Waals surface area contributed by atoms with E-state index in [2.05, 4.69) is 63.5 Å². The molecule has 4 heterocycles. The molecule has 4 aromatic heterocycles. The number of rotatable bonds is 0. The highest BCUT2D eigenvalue weighted by Gasteiger charge is 2.15. The summed E-state index contributed by atoms with van der Waals surface area (Å²) in [5.74, 6) is 0.973. The number of aromatic nitrogens is 4. The third kappa shape index (κ3) is 1.39. The number of para-hydroxylation sites is 2. The monoisotopic (exact) mass is 328 g/mol. The summed E-state index contributed by atoms with van der Waals surface area (Å²) in [5.41, 5.74) is 5.63. The summed E-state index contributed by atoms with van der Waals surface area (Å²) in [4.78, 5) is 9.45. The highest BCUT2D eigenvalue weighted by atomic mass is 32.1. The van der Waals surface area contributed by atoms with Gasteiger partial charge in [0.15, 0.2) is 0 Å². The highest BCUT2D eigenvalue weighted by molar-refractivity contribution is 7.25. The van der Waals surface area contributed by atoms with Crippen molar-refractivity contribution in [2.45, 2.75) is 0 Å². The Balaban J connectivity index is 1.88. The Bertz CT molecular complexity index is 1420. The van der Waals surface area contributed by atoms with Gasteiger partial charge in [-0.15, -0.1) is 11.3 Å². The van der Waals surface area contributed by atoms with Gasteiger partial charge in [-0.25, -0.2) is 4.98 Å². The molecule has 114 valence electrons. The first-order chi connectivity index (χ1) is 11.8. The minimum Gasteiger partial charge on any atom is -0.313 e. The Hall–Kier alpha value is -2.92. The largest absolute Gasteiger partial charge is 0.313 e. The molecule has 0 aliphatic rings. The molecule has 0 aliphatic heterocycles. The van der Waals surface area contributed by atoms with Crippen LogP contribution in [0, 0.1) is 0 Å². The molecular formula is C19H12N4S. The van der Waals surface area contributed by atoms with Crippen LogP contribution in [0.4, 0.5) is 0 Å². The minimum atomic E-state index is 0.973. The maximum atomic E-state index is 4.89. The zero-order valence-electron chi connectivity index (χ0n) is 12.9. The van der Waals surface area contributed by atoms with E-state index in [9.17, 15) is 0 Å². The smallest absolute Gasteiger partial charge is 0.215 e. The topological polar surface area (TPSA) is 35.1 Å². The maximum Gasteiger partial charge on any atom is 0.215 e. The molecule has 5 heteroatoms. The lowest BCUT2D eigenvalue weighted by Crippen LogP contribution is -1.87. The first-order valence-corrected chi connectivity index (χ1v) is 8.66. The average Bonchev–Trinajstić information content (AvgIpc) is 3.24. The predicted molar refractivity (Wildman–Crippen MR) is 99.9 cm³/mol. The lowest BCUT2D eigenvalue weighted by atomic mass is 10.2. The van der Waals surface area contributed by atoms with Crippen molar-refractivity contribution >= 4 is 59.5 Å². The fourth-order valence-corrected chi connectivity index (χ4v) is 4.74. The standard InChI is InChI=1S/C19H12N4S/c1-22-13-5-2-3-6-14(13)23-15-10-17-11(9-12(15)21-19(22)23)18-16(24-17)7-4-8-20-18/h2-10H,1H3. The maximum absolute atomic E-state index is 4.89. The fraction of sp³-hybridized carbons (Fsp3) is 0.0526. The van der Waals surface area contributed by atoms with Crippen LogP contribution in [0.15, 0.2) is 54.7 Å². The van der Waals surface area contributed by atoms with Gasteiger partial charge in [0.1, 0.15) is 0 Å². The van der Waals surface area contributed by atoms with Crippen molar-refractivity contribution in [3.63, 3.8) is 0 Å². The Morgan fingerprint density at radius 1 is 0.917 bits per heavy atom. The van der Waals surface area contributed by atoms with Crippen molar-refractivity contribution < 1.29 is 0 Å². The summed E-state index contributed by atoms with van der Waals surface area (Å²) in [5, 5.41) is 1.19. The average molecular weight is 328 g/mol. The van der Waals surface area contributed by atoms with Gasteiger partial charge in [-0.05, 0) is 36.4 Å². The minimum absolute atomic E-state index is 0.973. The van der Waals surface area contributed by atoms with Crippen molar-refractivity contribution in [1.29, 1.82) is 0 Å². The number of nitrogens with zero attached hydrogens (tertiary/aromatic N) is 4. The highest BCUT2D eigenvalue weighted by Crippen LogP contribution is 2.36. The molecule has 0 aliphatic carbocycles. The van der Waals surface area contributed by atoms with Gasteiger partial charge in [0, 0.05) is 23.3 Å². The van der Waals surface area contributed by atoms with Crippen molar-refractivity contribution in [3.8, 4) is 0 Å². The number of aryl methyl sites for hydroxylation is 1. The molecule has 6 aromatic rings. The Morgan fingerprint density at radius 2 is 1.79 bits per heavy atom. The molecule has 0 saturated carbocycles. The van der Waals surface area contributed by atoms with Crippen LogP contribution in [0.3, 0.4) is 0 Å². The van der Waals surface area contributed by atoms with Gasteiger partial charge in [0.2, 0.25) is 5.78 Å². The van der Waals surface area contributed by atoms with E-state index in [4.69, 9.17) is 4.98 Å². The van der Waals surface area contributed by atoms with Crippen LogP contribution in [-0.2, 0) is 7.05 Å². The number of imidazole rings is 2. The second-order valence-corrected chi connectivity index (χ2v) is 7.17. The van der Waals surface area contributed by atoms with Crippen LogP contribution >= 0.6 is 11.3 Å². The van der Waals surface area contributed by atoms with E-state index in [1.807, 2.05) is 12.3 Å². The first kappa shape index (κ1) is 12.5. The van der Waals surface area contributed by atoms with E-state index in [0.717, 1.165) is 22.3 Å². The first-order valence-electron chi connectivity index (χ1n) is 7.84. The molecule has 0 fully saturated rings. The summed E-state index contributed by atoms with van der Waals surface area (Å²) in [6.07, 6.45) is 1.86. The molecule has 0 N–H and O–H groups in total. The Labute approximate surface area is 140 Å². The van der Waals surface area contributed by atoms with Gasteiger partial charge >= 0.3 is 0 Å². The van der Waals surface area contributed by atoms with Gasteiger partial charge in [0.05, 0.1) is 32.3 Å². The van der Waals surface area contributed by atoms with Crippen molar-refractivity contribution in [1.82, 2.24) is 18.9 Å². The van der Waals surface area contributed by atoms with Crippen molar-refractivity contribution in [2.75, 3.05) is 0 Å². The fourth-order valence-electron chi connectivity index (χ4n) is 3.66. The van der Waals surface area contributed by atoms with Crippen LogP contribution < -0.4 is 0 Å². The second kappa shape index (κ2) is 4.13. The molecule has 24 heavy (non-hydrogen) atoms. The quantitative estimate of drug-likeness (QED) is 0.403. The number of thiophene rings is 1. The molecule has 0 bridgehead atoms.